The molecule has 12 nitrogen and oxygen atoms in total. The van der Waals surface area contributed by atoms with Crippen LogP contribution >= 0.6 is 0 Å². The summed E-state index contributed by atoms with van der Waals surface area (Å²) in [7, 11) is -0.892. The number of ether oxygens (including phenoxy) is 1. The number of nitrogens with one attached hydrogen (secondary N) is 1. The lowest BCUT2D eigenvalue weighted by Crippen LogP contribution is -2.51. The largest absolute Gasteiger partial charge is 0.497 e. The second kappa shape index (κ2) is 16.0. The maximum atomic E-state index is 13.8. The molecule has 0 spiro atoms. The molecule has 2 atom stereocenters. The van der Waals surface area contributed by atoms with Gasteiger partial charge in [0.25, 0.3) is 11.8 Å². The molecule has 0 bridgehead atoms. The maximum absolute atomic E-state index is 13.8. The lowest BCUT2D eigenvalue weighted by atomic mass is 10.00. The highest BCUT2D eigenvalue weighted by Gasteiger charge is 2.32. The van der Waals surface area contributed by atoms with Crippen molar-refractivity contribution < 1.29 is 32.3 Å². The zero-order valence-corrected chi connectivity index (χ0v) is 28.9. The monoisotopic (exact) mass is 677 g/mol. The van der Waals surface area contributed by atoms with Gasteiger partial charge >= 0.3 is 0 Å². The van der Waals surface area contributed by atoms with E-state index >= 15 is 0 Å². The van der Waals surface area contributed by atoms with Crippen LogP contribution in [0.3, 0.4) is 0 Å². The Balaban J connectivity index is 1.56. The Kier molecular flexibility index (Phi) is 12.1. The van der Waals surface area contributed by atoms with Gasteiger partial charge in [-0.3, -0.25) is 14.6 Å². The minimum Gasteiger partial charge on any atom is -0.497 e. The molecule has 0 unspecified atom stereocenters. The van der Waals surface area contributed by atoms with Gasteiger partial charge in [-0.1, -0.05) is 44.2 Å². The SMILES string of the molecule is COc1ccc(S(=O)(=O)N(CC(C)C)C[C@@H](O)[C@H](Cc2ccccc2)NC(=O)c2cncc(C(=O)N(C)Cc3nc(C)oc3C)c2)cc1. The molecule has 256 valence electrons. The topological polar surface area (TPSA) is 155 Å². The molecule has 2 N–H and O–H groups in total. The molecule has 0 saturated carbocycles. The number of methoxy groups -OCH3 is 1. The summed E-state index contributed by atoms with van der Waals surface area (Å²) in [4.78, 5) is 36.8. The van der Waals surface area contributed by atoms with Crippen molar-refractivity contribution in [3.63, 3.8) is 0 Å². The average Bonchev–Trinajstić information content (AvgIpc) is 3.39. The fourth-order valence-electron chi connectivity index (χ4n) is 5.23. The van der Waals surface area contributed by atoms with Crippen LogP contribution in [0.2, 0.25) is 0 Å². The molecule has 0 fully saturated rings. The number of carbonyl (C=O) groups excluding carboxylic acids is 2. The third-order valence-corrected chi connectivity index (χ3v) is 9.56. The Labute approximate surface area is 281 Å². The summed E-state index contributed by atoms with van der Waals surface area (Å²) in [5.74, 6) is 0.644. The molecule has 0 saturated heterocycles. The molecule has 13 heteroatoms. The molecule has 0 radical (unpaired) electrons. The molecule has 2 heterocycles. The summed E-state index contributed by atoms with van der Waals surface area (Å²) in [6.07, 6.45) is 1.64. The van der Waals surface area contributed by atoms with E-state index in [-0.39, 0.29) is 53.9 Å². The van der Waals surface area contributed by atoms with Crippen LogP contribution in [0, 0.1) is 19.8 Å². The normalized spacial score (nSPS) is 12.9. The molecular weight excluding hydrogens is 634 g/mol. The van der Waals surface area contributed by atoms with E-state index in [1.165, 1.54) is 46.9 Å². The second-order valence-electron chi connectivity index (χ2n) is 12.1. The standard InChI is InChI=1S/C35H43N5O7S/c1-23(2)20-40(48(44,45)30-14-12-29(46-6)13-15-30)22-33(41)31(16-26-10-8-7-9-11-26)38-34(42)27-17-28(19-36-18-27)35(43)39(5)21-32-24(3)47-25(4)37-32/h7-15,17-19,23,31,33,41H,16,20-22H2,1-6H3,(H,38,42)/t31-,33+/m0/s1. The van der Waals surface area contributed by atoms with Crippen molar-refractivity contribution in [1.82, 2.24) is 24.5 Å². The van der Waals surface area contributed by atoms with Gasteiger partial charge in [0.15, 0.2) is 5.89 Å². The van der Waals surface area contributed by atoms with Gasteiger partial charge in [0, 0.05) is 39.5 Å². The van der Waals surface area contributed by atoms with E-state index in [4.69, 9.17) is 9.15 Å². The first-order valence-electron chi connectivity index (χ1n) is 15.6. The number of hydrogen-bond donors (Lipinski definition) is 2. The van der Waals surface area contributed by atoms with Gasteiger partial charge in [0.05, 0.1) is 41.8 Å². The zero-order chi connectivity index (χ0) is 35.0. The zero-order valence-electron chi connectivity index (χ0n) is 28.1. The molecule has 4 aromatic rings. The number of aromatic nitrogens is 2. The Morgan fingerprint density at radius 3 is 2.27 bits per heavy atom. The number of aryl methyl sites for hydroxylation is 2. The maximum Gasteiger partial charge on any atom is 0.255 e. The van der Waals surface area contributed by atoms with Gasteiger partial charge in [-0.2, -0.15) is 4.31 Å². The molecule has 0 aliphatic rings. The number of amides is 2. The van der Waals surface area contributed by atoms with Gasteiger partial charge in [0.2, 0.25) is 10.0 Å². The summed E-state index contributed by atoms with van der Waals surface area (Å²) >= 11 is 0. The number of benzene rings is 2. The van der Waals surface area contributed by atoms with E-state index in [0.717, 1.165) is 5.56 Å². The highest BCUT2D eigenvalue weighted by Crippen LogP contribution is 2.22. The van der Waals surface area contributed by atoms with Crippen LogP contribution in [0.1, 0.15) is 57.5 Å². The lowest BCUT2D eigenvalue weighted by Gasteiger charge is -2.31. The van der Waals surface area contributed by atoms with Crippen LogP contribution in [0.15, 0.2) is 82.4 Å². The van der Waals surface area contributed by atoms with Gasteiger partial charge in [-0.25, -0.2) is 13.4 Å². The quantitative estimate of drug-likeness (QED) is 0.190. The van der Waals surface area contributed by atoms with Crippen molar-refractivity contribution >= 4 is 21.8 Å². The van der Waals surface area contributed by atoms with Gasteiger partial charge in [-0.15, -0.1) is 0 Å². The summed E-state index contributed by atoms with van der Waals surface area (Å²) in [6, 6.07) is 15.9. The Hall–Kier alpha value is -4.59. The Morgan fingerprint density at radius 1 is 1.00 bits per heavy atom. The van der Waals surface area contributed by atoms with Crippen LogP contribution in [0.4, 0.5) is 0 Å². The predicted octanol–water partition coefficient (Wildman–Crippen LogP) is 4.02. The first-order valence-corrected chi connectivity index (χ1v) is 17.0. The average molecular weight is 678 g/mol. The summed E-state index contributed by atoms with van der Waals surface area (Å²) in [6.45, 7) is 7.36. The molecular formula is C35H43N5O7S. The number of carbonyl (C=O) groups is 2. The minimum atomic E-state index is -4.01. The van der Waals surface area contributed by atoms with Crippen molar-refractivity contribution in [2.75, 3.05) is 27.2 Å². The molecule has 2 aromatic heterocycles. The van der Waals surface area contributed by atoms with Crippen LogP contribution in [-0.4, -0.2) is 83.9 Å². The fourth-order valence-corrected chi connectivity index (χ4v) is 6.85. The number of pyridine rings is 1. The van der Waals surface area contributed by atoms with Crippen molar-refractivity contribution in [2.45, 2.75) is 57.7 Å². The first-order chi connectivity index (χ1) is 22.8. The van der Waals surface area contributed by atoms with Crippen molar-refractivity contribution in [3.8, 4) is 5.75 Å². The number of aliphatic hydroxyl groups is 1. The second-order valence-corrected chi connectivity index (χ2v) is 14.0. The minimum absolute atomic E-state index is 0.0471. The van der Waals surface area contributed by atoms with Crippen molar-refractivity contribution in [1.29, 1.82) is 0 Å². The van der Waals surface area contributed by atoms with Crippen molar-refractivity contribution in [3.05, 3.63) is 107 Å². The number of rotatable bonds is 15. The van der Waals surface area contributed by atoms with E-state index in [2.05, 4.69) is 15.3 Å². The number of nitrogens with zero attached hydrogens (tertiary/aromatic N) is 4. The number of hydrogen-bond acceptors (Lipinski definition) is 9. The van der Waals surface area contributed by atoms with E-state index < -0.39 is 28.1 Å². The predicted molar refractivity (Wildman–Crippen MR) is 180 cm³/mol. The third-order valence-electron chi connectivity index (χ3n) is 7.72. The first kappa shape index (κ1) is 36.2. The van der Waals surface area contributed by atoms with Crippen LogP contribution in [-0.2, 0) is 23.0 Å². The molecule has 0 aliphatic carbocycles. The van der Waals surface area contributed by atoms with Gasteiger partial charge < -0.3 is 24.5 Å². The number of aliphatic hydroxyl groups excluding tert-OH is 1. The summed E-state index contributed by atoms with van der Waals surface area (Å²) in [5.41, 5.74) is 1.76. The van der Waals surface area contributed by atoms with Crippen LogP contribution < -0.4 is 10.1 Å². The van der Waals surface area contributed by atoms with Gasteiger partial charge in [0.1, 0.15) is 17.2 Å². The summed E-state index contributed by atoms with van der Waals surface area (Å²) < 4.78 is 39.4. The van der Waals surface area contributed by atoms with Crippen LogP contribution in [0.25, 0.3) is 0 Å². The molecule has 2 aromatic carbocycles. The summed E-state index contributed by atoms with van der Waals surface area (Å²) in [5, 5.41) is 14.5. The number of oxazole rings is 1. The molecule has 2 amide bonds. The fraction of sp³-hybridized carbons (Fsp3) is 0.371. The van der Waals surface area contributed by atoms with E-state index in [9.17, 15) is 23.1 Å². The van der Waals surface area contributed by atoms with E-state index in [0.29, 0.717) is 23.1 Å². The van der Waals surface area contributed by atoms with E-state index in [1.807, 2.05) is 44.2 Å². The highest BCUT2D eigenvalue weighted by molar-refractivity contribution is 7.89. The third kappa shape index (κ3) is 9.27. The van der Waals surface area contributed by atoms with Crippen molar-refractivity contribution in [2.24, 2.45) is 5.92 Å². The molecule has 48 heavy (non-hydrogen) atoms. The molecule has 0 aliphatic heterocycles. The smallest absolute Gasteiger partial charge is 0.255 e. The molecule has 4 rings (SSSR count). The Morgan fingerprint density at radius 2 is 1.67 bits per heavy atom. The lowest BCUT2D eigenvalue weighted by molar-refractivity contribution is 0.0774. The van der Waals surface area contributed by atoms with E-state index in [1.54, 1.807) is 33.0 Å². The highest BCUT2D eigenvalue weighted by atomic mass is 32.2. The Bertz CT molecular complexity index is 1790. The van der Waals surface area contributed by atoms with Crippen LogP contribution in [0.5, 0.6) is 5.75 Å². The number of sulfonamides is 1. The van der Waals surface area contributed by atoms with Gasteiger partial charge in [-0.05, 0) is 55.2 Å².